The topological polar surface area (TPSA) is 102 Å². The molecule has 0 radical (unpaired) electrons. The van der Waals surface area contributed by atoms with Gasteiger partial charge >= 0.3 is 12.1 Å². The summed E-state index contributed by atoms with van der Waals surface area (Å²) in [6, 6.07) is 15.7. The van der Waals surface area contributed by atoms with Crippen LogP contribution in [0.3, 0.4) is 0 Å². The van der Waals surface area contributed by atoms with Crippen LogP contribution >= 0.6 is 11.6 Å². The van der Waals surface area contributed by atoms with Gasteiger partial charge in [0.05, 0.1) is 10.7 Å². The Morgan fingerprint density at radius 2 is 1.97 bits per heavy atom. The standard InChI is InChI=1S/C22H15ClN2O5/c23-17-4-1-5-18(20(17)21(26)27)25-22(28)29-12-16-10-15-9-13(6-7-19(15)30-16)14-3-2-8-24-11-14/h1-11H,12H2,(H,25,28)(H,26,27). The van der Waals surface area contributed by atoms with Crippen LogP contribution in [0.5, 0.6) is 0 Å². The Hall–Kier alpha value is -3.84. The van der Waals surface area contributed by atoms with Gasteiger partial charge in [0.2, 0.25) is 0 Å². The molecule has 7 nitrogen and oxygen atoms in total. The van der Waals surface area contributed by atoms with Crippen LogP contribution in [-0.4, -0.2) is 22.2 Å². The van der Waals surface area contributed by atoms with Gasteiger partial charge in [-0.1, -0.05) is 29.8 Å². The fourth-order valence-electron chi connectivity index (χ4n) is 3.01. The minimum absolute atomic E-state index is 0.0157. The average molecular weight is 423 g/mol. The second-order valence-electron chi connectivity index (χ2n) is 6.38. The number of carboxylic acids is 1. The minimum atomic E-state index is -1.25. The number of halogens is 1. The molecule has 0 unspecified atom stereocenters. The van der Waals surface area contributed by atoms with Gasteiger partial charge < -0.3 is 14.3 Å². The van der Waals surface area contributed by atoms with Gasteiger partial charge in [-0.25, -0.2) is 9.59 Å². The van der Waals surface area contributed by atoms with E-state index in [0.717, 1.165) is 16.5 Å². The van der Waals surface area contributed by atoms with Crippen LogP contribution in [0.25, 0.3) is 22.1 Å². The summed E-state index contributed by atoms with van der Waals surface area (Å²) in [7, 11) is 0. The van der Waals surface area contributed by atoms with Gasteiger partial charge in [0, 0.05) is 23.3 Å². The van der Waals surface area contributed by atoms with E-state index in [1.807, 2.05) is 30.3 Å². The number of furan rings is 1. The van der Waals surface area contributed by atoms with Crippen molar-refractivity contribution in [1.82, 2.24) is 4.98 Å². The quantitative estimate of drug-likeness (QED) is 0.434. The molecule has 0 spiro atoms. The molecule has 2 aromatic heterocycles. The molecule has 0 aliphatic carbocycles. The number of nitrogens with one attached hydrogen (secondary N) is 1. The van der Waals surface area contributed by atoms with Crippen molar-refractivity contribution in [2.75, 3.05) is 5.32 Å². The van der Waals surface area contributed by atoms with Crippen LogP contribution in [0.2, 0.25) is 5.02 Å². The number of nitrogens with zero attached hydrogens (tertiary/aromatic N) is 1. The van der Waals surface area contributed by atoms with Crippen LogP contribution in [0, 0.1) is 0 Å². The van der Waals surface area contributed by atoms with Crippen molar-refractivity contribution in [3.63, 3.8) is 0 Å². The maximum Gasteiger partial charge on any atom is 0.412 e. The summed E-state index contributed by atoms with van der Waals surface area (Å²) < 4.78 is 10.9. The first-order chi connectivity index (χ1) is 14.5. The number of carbonyl (C=O) groups is 2. The monoisotopic (exact) mass is 422 g/mol. The van der Waals surface area contributed by atoms with Crippen molar-refractivity contribution in [1.29, 1.82) is 0 Å². The number of pyridine rings is 1. The number of aromatic nitrogens is 1. The third-order valence-electron chi connectivity index (χ3n) is 4.37. The summed E-state index contributed by atoms with van der Waals surface area (Å²) in [5.74, 6) is -0.800. The first-order valence-corrected chi connectivity index (χ1v) is 9.27. The number of amides is 1. The predicted octanol–water partition coefficient (Wildman–Crippen LogP) is 5.60. The highest BCUT2D eigenvalue weighted by Gasteiger charge is 2.17. The first-order valence-electron chi connectivity index (χ1n) is 8.90. The lowest BCUT2D eigenvalue weighted by Gasteiger charge is -2.09. The van der Waals surface area contributed by atoms with Crippen molar-refractivity contribution in [3.8, 4) is 11.1 Å². The molecule has 4 rings (SSSR count). The van der Waals surface area contributed by atoms with Gasteiger partial charge in [0.1, 0.15) is 16.9 Å². The number of anilines is 1. The number of benzene rings is 2. The summed E-state index contributed by atoms with van der Waals surface area (Å²) in [4.78, 5) is 27.6. The Kier molecular flexibility index (Phi) is 5.36. The summed E-state index contributed by atoms with van der Waals surface area (Å²) in [5.41, 5.74) is 2.47. The maximum absolute atomic E-state index is 12.1. The number of hydrogen-bond acceptors (Lipinski definition) is 5. The fourth-order valence-corrected chi connectivity index (χ4v) is 3.27. The molecule has 8 heteroatoms. The van der Waals surface area contributed by atoms with Crippen molar-refractivity contribution in [3.05, 3.63) is 83.3 Å². The summed E-state index contributed by atoms with van der Waals surface area (Å²) >= 11 is 5.89. The molecule has 0 bridgehead atoms. The molecule has 0 saturated carbocycles. The van der Waals surface area contributed by atoms with Crippen LogP contribution in [0.1, 0.15) is 16.1 Å². The van der Waals surface area contributed by atoms with E-state index >= 15 is 0 Å². The zero-order valence-electron chi connectivity index (χ0n) is 15.5. The molecule has 2 aromatic carbocycles. The molecule has 2 heterocycles. The first kappa shape index (κ1) is 19.5. The number of carboxylic acid groups (broad SMARTS) is 1. The molecule has 0 fully saturated rings. The molecule has 4 aromatic rings. The molecule has 0 saturated heterocycles. The number of hydrogen-bond donors (Lipinski definition) is 2. The van der Waals surface area contributed by atoms with Crippen LogP contribution in [0.4, 0.5) is 10.5 Å². The second-order valence-corrected chi connectivity index (χ2v) is 6.78. The van der Waals surface area contributed by atoms with Gasteiger partial charge in [-0.05, 0) is 42.0 Å². The van der Waals surface area contributed by atoms with E-state index in [1.165, 1.54) is 18.2 Å². The number of carbonyl (C=O) groups excluding carboxylic acids is 1. The minimum Gasteiger partial charge on any atom is -0.478 e. The Morgan fingerprint density at radius 1 is 1.10 bits per heavy atom. The lowest BCUT2D eigenvalue weighted by atomic mass is 10.1. The highest BCUT2D eigenvalue weighted by Crippen LogP contribution is 2.27. The predicted molar refractivity (Wildman–Crippen MR) is 112 cm³/mol. The fraction of sp³-hybridized carbons (Fsp3) is 0.0455. The number of aromatic carboxylic acids is 1. The highest BCUT2D eigenvalue weighted by atomic mass is 35.5. The van der Waals surface area contributed by atoms with Crippen molar-refractivity contribution in [2.24, 2.45) is 0 Å². The molecule has 2 N–H and O–H groups in total. The molecule has 0 aliphatic heterocycles. The second kappa shape index (κ2) is 8.26. The number of fused-ring (bicyclic) bond motifs is 1. The molecule has 0 atom stereocenters. The molecule has 150 valence electrons. The number of ether oxygens (including phenoxy) is 1. The molecule has 1 amide bonds. The Labute approximate surface area is 175 Å². The summed E-state index contributed by atoms with van der Waals surface area (Å²) in [6.45, 7) is -0.119. The van der Waals surface area contributed by atoms with Gasteiger partial charge in [-0.15, -0.1) is 0 Å². The molecular formula is C22H15ClN2O5. The summed E-state index contributed by atoms with van der Waals surface area (Å²) in [6.07, 6.45) is 2.66. The van der Waals surface area contributed by atoms with Gasteiger partial charge in [-0.3, -0.25) is 10.3 Å². The van der Waals surface area contributed by atoms with Crippen molar-refractivity contribution < 1.29 is 23.8 Å². The van der Waals surface area contributed by atoms with Gasteiger partial charge in [0.25, 0.3) is 0 Å². The van der Waals surface area contributed by atoms with Gasteiger partial charge in [-0.2, -0.15) is 0 Å². The van der Waals surface area contributed by atoms with E-state index in [-0.39, 0.29) is 22.9 Å². The number of rotatable bonds is 5. The Bertz CT molecular complexity index is 1240. The SMILES string of the molecule is O=C(Nc1cccc(Cl)c1C(=O)O)OCc1cc2cc(-c3cccnc3)ccc2o1. The van der Waals surface area contributed by atoms with E-state index < -0.39 is 12.1 Å². The van der Waals surface area contributed by atoms with E-state index in [2.05, 4.69) is 10.3 Å². The highest BCUT2D eigenvalue weighted by molar-refractivity contribution is 6.34. The lowest BCUT2D eigenvalue weighted by molar-refractivity contribution is 0.0698. The van der Waals surface area contributed by atoms with Crippen molar-refractivity contribution >= 4 is 40.3 Å². The average Bonchev–Trinajstić information content (AvgIpc) is 3.15. The summed E-state index contributed by atoms with van der Waals surface area (Å²) in [5, 5.41) is 12.5. The van der Waals surface area contributed by atoms with Crippen LogP contribution < -0.4 is 5.32 Å². The zero-order chi connectivity index (χ0) is 21.1. The normalized spacial score (nSPS) is 10.7. The Morgan fingerprint density at radius 3 is 2.73 bits per heavy atom. The smallest absolute Gasteiger partial charge is 0.412 e. The van der Waals surface area contributed by atoms with Crippen LogP contribution in [0.15, 0.2) is 71.4 Å². The zero-order valence-corrected chi connectivity index (χ0v) is 16.2. The molecular weight excluding hydrogens is 408 g/mol. The largest absolute Gasteiger partial charge is 0.478 e. The third kappa shape index (κ3) is 4.11. The third-order valence-corrected chi connectivity index (χ3v) is 4.69. The maximum atomic E-state index is 12.1. The van der Waals surface area contributed by atoms with E-state index in [4.69, 9.17) is 20.8 Å². The molecule has 0 aliphatic rings. The lowest BCUT2D eigenvalue weighted by Crippen LogP contribution is -2.16. The van der Waals surface area contributed by atoms with E-state index in [9.17, 15) is 14.7 Å². The molecule has 30 heavy (non-hydrogen) atoms. The van der Waals surface area contributed by atoms with E-state index in [1.54, 1.807) is 18.5 Å². The van der Waals surface area contributed by atoms with Crippen molar-refractivity contribution in [2.45, 2.75) is 6.61 Å². The van der Waals surface area contributed by atoms with Gasteiger partial charge in [0.15, 0.2) is 6.61 Å². The van der Waals surface area contributed by atoms with E-state index in [0.29, 0.717) is 11.3 Å². The Balaban J connectivity index is 1.46. The van der Waals surface area contributed by atoms with Crippen LogP contribution in [-0.2, 0) is 11.3 Å².